The van der Waals surface area contributed by atoms with E-state index in [-0.39, 0.29) is 45.2 Å². The van der Waals surface area contributed by atoms with Crippen LogP contribution in [0.4, 0.5) is 41.6 Å². The lowest BCUT2D eigenvalue weighted by atomic mass is 10.1. The van der Waals surface area contributed by atoms with E-state index < -0.39 is 0 Å². The van der Waals surface area contributed by atoms with Gasteiger partial charge in [0.15, 0.2) is 5.82 Å². The number of rotatable bonds is 12. The Morgan fingerprint density at radius 2 is 0.547 bits per heavy atom. The van der Waals surface area contributed by atoms with Crippen molar-refractivity contribution in [2.75, 3.05) is 156 Å². The summed E-state index contributed by atoms with van der Waals surface area (Å²) < 4.78 is 68.4. The Hall–Kier alpha value is -15.9. The van der Waals surface area contributed by atoms with Crippen LogP contribution in [0.1, 0.15) is 27.7 Å². The molecule has 16 heterocycles. The van der Waals surface area contributed by atoms with Crippen LogP contribution >= 0.6 is 0 Å². The number of morpholine rings is 3. The number of H-pyrrole nitrogens is 5. The third kappa shape index (κ3) is 17.7. The number of nitrogens with zero attached hydrogens (tertiary/aromatic N) is 18. The maximum atomic E-state index is 15.1. The number of pyridine rings is 6. The lowest BCUT2D eigenvalue weighted by Crippen LogP contribution is -2.49. The minimum absolute atomic E-state index is 0.0726. The first-order chi connectivity index (χ1) is 67.9. The first-order valence-electron chi connectivity index (χ1n) is 46.8. The molecule has 0 atom stereocenters. The van der Waals surface area contributed by atoms with Gasteiger partial charge in [0.1, 0.15) is 17.5 Å². The number of anilines is 5. The van der Waals surface area contributed by atoms with Crippen LogP contribution in [0.15, 0.2) is 273 Å². The van der Waals surface area contributed by atoms with Crippen LogP contribution in [0.5, 0.6) is 0 Å². The average Bonchev–Trinajstić information content (AvgIpc) is 1.59. The number of benzene rings is 9. The van der Waals surface area contributed by atoms with Gasteiger partial charge in [-0.1, -0.05) is 78.9 Å². The molecule has 0 spiro atoms. The summed E-state index contributed by atoms with van der Waals surface area (Å²) in [6, 6.07) is 66.4. The summed E-state index contributed by atoms with van der Waals surface area (Å²) in [6.45, 7) is 24.5. The predicted octanol–water partition coefficient (Wildman–Crippen LogP) is 14.7. The van der Waals surface area contributed by atoms with Gasteiger partial charge in [-0.15, -0.1) is 0 Å². The molecule has 0 aliphatic carbocycles. The molecule has 0 unspecified atom stereocenters. The molecule has 5 fully saturated rings. The van der Waals surface area contributed by atoms with Gasteiger partial charge < -0.3 is 38.7 Å². The van der Waals surface area contributed by atoms with Crippen LogP contribution in [0.2, 0.25) is 0 Å². The molecule has 0 radical (unpaired) electrons. The number of nitrogens with one attached hydrogen (secondary N) is 5. The highest BCUT2D eigenvalue weighted by Gasteiger charge is 2.28. The van der Waals surface area contributed by atoms with Crippen molar-refractivity contribution in [2.24, 2.45) is 0 Å². The Kier molecular flexibility index (Phi) is 25.0. The average molecular weight is 1870 g/mol. The molecule has 0 bridgehead atoms. The second-order valence-corrected chi connectivity index (χ2v) is 35.4. The summed E-state index contributed by atoms with van der Waals surface area (Å²) in [4.78, 5) is 106. The Morgan fingerprint density at radius 3 is 0.906 bits per heavy atom. The fourth-order valence-corrected chi connectivity index (χ4v) is 19.0. The zero-order chi connectivity index (χ0) is 95.1. The maximum absolute atomic E-state index is 15.1. The molecule has 139 heavy (non-hydrogen) atoms. The van der Waals surface area contributed by atoms with Gasteiger partial charge in [-0.25, -0.2) is 41.6 Å². The molecule has 5 N–H and O–H groups in total. The monoisotopic (exact) mass is 1870 g/mol. The smallest absolute Gasteiger partial charge is 0.282 e. The quantitative estimate of drug-likeness (QED) is 0.0759. The van der Waals surface area contributed by atoms with E-state index in [4.69, 9.17) is 14.2 Å². The van der Waals surface area contributed by atoms with Gasteiger partial charge in [0.2, 0.25) is 0 Å². The van der Waals surface area contributed by atoms with Gasteiger partial charge in [-0.05, 0) is 161 Å². The Balaban J connectivity index is 0.000000103. The number of fused-ring (bicyclic) bond motifs is 15. The van der Waals surface area contributed by atoms with Crippen molar-refractivity contribution in [2.45, 2.75) is 39.8 Å². The van der Waals surface area contributed by atoms with Gasteiger partial charge in [0, 0.05) is 179 Å². The van der Waals surface area contributed by atoms with Crippen molar-refractivity contribution in [3.05, 3.63) is 319 Å². The summed E-state index contributed by atoms with van der Waals surface area (Å²) in [5.41, 5.74) is 13.3. The lowest BCUT2D eigenvalue weighted by molar-refractivity contribution is 0.122. The molecule has 31 nitrogen and oxygen atoms in total. The number of piperazine rings is 2. The summed E-state index contributed by atoms with van der Waals surface area (Å²) in [5, 5.41) is 22.1. The van der Waals surface area contributed by atoms with E-state index >= 15 is 4.39 Å². The van der Waals surface area contributed by atoms with Crippen LogP contribution in [-0.4, -0.2) is 232 Å². The summed E-state index contributed by atoms with van der Waals surface area (Å²) in [5.74, 6) is -0.488. The maximum Gasteiger partial charge on any atom is 0.282 e. The lowest BCUT2D eigenvalue weighted by Gasteiger charge is -2.38. The molecule has 11 aromatic heterocycles. The largest absolute Gasteiger partial charge is 0.378 e. The topological polar surface area (TPSA) is 317 Å². The van der Waals surface area contributed by atoms with E-state index in [1.807, 2.05) is 137 Å². The van der Waals surface area contributed by atoms with Crippen LogP contribution in [-0.2, 0) is 14.2 Å². The highest BCUT2D eigenvalue weighted by atomic mass is 19.1. The number of hydrogen-bond donors (Lipinski definition) is 5. The van der Waals surface area contributed by atoms with Gasteiger partial charge in [-0.3, -0.25) is 84.2 Å². The second-order valence-electron chi connectivity index (χ2n) is 35.4. The number of aromatic amines is 5. The third-order valence-electron chi connectivity index (χ3n) is 26.6. The second kappa shape index (κ2) is 38.7. The van der Waals surface area contributed by atoms with Crippen molar-refractivity contribution >= 4 is 137 Å². The SMILES string of the molecule is CC(C)N1CCN(c2cc3ncc4c(=O)n(-c5ccccc5)[nH]c4c3cc2F)CC1.CC(C)N1CCN(c2ccc3ncc4c(=O)n(-c5ccccc5)[nH]c4c3c2)CC1.O=c1c2cnc3cc(N4CCOCC4)c(F)cc3c2[nH]n1-c1ccccc1.O=c1c2cnc3cc(N4CCOCC4)c(F)cc3c2[nH]n1-c1ccccn1.O=c1c2cnc3cc(N4CCOCC4)ccc3c2[nH]n1-c1ccccc1. The zero-order valence-corrected chi connectivity index (χ0v) is 76.9. The van der Waals surface area contributed by atoms with Crippen molar-refractivity contribution in [1.82, 2.24) is 88.6 Å². The number of ether oxygens (including phenoxy) is 3. The summed E-state index contributed by atoms with van der Waals surface area (Å²) in [7, 11) is 0. The minimum atomic E-state index is -0.342. The molecule has 5 aliphatic heterocycles. The van der Waals surface area contributed by atoms with Gasteiger partial charge >= 0.3 is 0 Å². The van der Waals surface area contributed by atoms with Crippen LogP contribution in [0, 0.1) is 17.5 Å². The number of aromatic nitrogens is 16. The minimum Gasteiger partial charge on any atom is -0.378 e. The van der Waals surface area contributed by atoms with E-state index in [1.54, 1.807) is 76.7 Å². The Morgan fingerprint density at radius 1 is 0.259 bits per heavy atom. The Labute approximate surface area is 792 Å². The van der Waals surface area contributed by atoms with Crippen LogP contribution in [0.3, 0.4) is 0 Å². The van der Waals surface area contributed by atoms with E-state index in [1.165, 1.54) is 44.1 Å². The molecule has 20 aromatic rings. The standard InChI is InChI=1S/C23H24FN5O.C23H25N5O.C20H17FN4O2.C20H18N4O2.C19H16FN5O2/c1-15(2)27-8-10-28(11-9-27)21-13-20-17(12-19(21)24)22-18(14-25-20)23(30)29(26-22)16-6-4-3-5-7-16;1-16(2)26-10-12-27(13-11-26)18-8-9-21-19(14-18)22-20(15-24-21)23(29)28(25-22)17-6-4-3-5-7-17;21-16-10-14-17(11-18(16)24-6-8-27-9-7-24)22-12-15-19(14)23-25(20(15)26)13-4-2-1-3-5-13;25-20-17-13-21-18-12-15(23-8-10-26-11-9-23)6-7-16(18)19(17)22-24(20)14-4-2-1-3-5-14;20-14-9-12-15(10-16(14)24-5-7-27-8-6-24)22-11-13-18(12)23-25(19(13)26)17-3-1-2-4-21-17/h3-7,12-15,26H,8-11H2,1-2H3;3-9,14-16,25H,10-13H2,1-2H3;1-5,10-12,23H,6-9H2;1-7,12-13,22H,8-11H2;1-4,9-11,23H,5-8H2. The number of para-hydroxylation sites is 4. The molecular formula is C105H100F3N23O8. The molecule has 5 aliphatic rings. The number of halogens is 3. The van der Waals surface area contributed by atoms with Gasteiger partial charge in [0.05, 0.1) is 162 Å². The Bertz CT molecular complexity index is 8070. The number of hydrogen-bond acceptors (Lipinski definition) is 21. The highest BCUT2D eigenvalue weighted by Crippen LogP contribution is 2.36. The zero-order valence-electron chi connectivity index (χ0n) is 76.9. The first-order valence-corrected chi connectivity index (χ1v) is 46.8. The van der Waals surface area contributed by atoms with Crippen molar-refractivity contribution in [3.8, 4) is 28.6 Å². The summed E-state index contributed by atoms with van der Waals surface area (Å²) in [6.07, 6.45) is 9.61. The van der Waals surface area contributed by atoms with E-state index in [2.05, 4.69) is 138 Å². The molecule has 9 aromatic carbocycles. The fourth-order valence-electron chi connectivity index (χ4n) is 19.0. The summed E-state index contributed by atoms with van der Waals surface area (Å²) >= 11 is 0. The van der Waals surface area contributed by atoms with Gasteiger partial charge in [-0.2, -0.15) is 0 Å². The van der Waals surface area contributed by atoms with Crippen LogP contribution in [0.25, 0.3) is 138 Å². The predicted molar refractivity (Wildman–Crippen MR) is 541 cm³/mol. The van der Waals surface area contributed by atoms with Crippen molar-refractivity contribution in [3.63, 3.8) is 0 Å². The molecule has 0 saturated carbocycles. The first kappa shape index (κ1) is 89.6. The van der Waals surface area contributed by atoms with Crippen molar-refractivity contribution < 1.29 is 27.4 Å². The molecule has 34 heteroatoms. The normalized spacial score (nSPS) is 15.2. The van der Waals surface area contributed by atoms with Gasteiger partial charge in [0.25, 0.3) is 27.8 Å². The van der Waals surface area contributed by atoms with E-state index in [9.17, 15) is 32.8 Å². The van der Waals surface area contributed by atoms with Crippen LogP contribution < -0.4 is 52.3 Å². The molecule has 704 valence electrons. The van der Waals surface area contributed by atoms with E-state index in [0.717, 1.165) is 140 Å². The molecular weight excluding hydrogens is 1770 g/mol. The third-order valence-corrected chi connectivity index (χ3v) is 26.6. The molecule has 25 rings (SSSR count). The fraction of sp³-hybridized carbons (Fsp3) is 0.248. The van der Waals surface area contributed by atoms with E-state index in [0.29, 0.717) is 164 Å². The molecule has 5 saturated heterocycles. The van der Waals surface area contributed by atoms with Crippen molar-refractivity contribution in [1.29, 1.82) is 0 Å². The highest BCUT2D eigenvalue weighted by molar-refractivity contribution is 6.08. The molecule has 0 amide bonds.